The minimum atomic E-state index is -3.17. The molecule has 1 aliphatic carbocycles. The Bertz CT molecular complexity index is 704. The quantitative estimate of drug-likeness (QED) is 0.583. The van der Waals surface area contributed by atoms with E-state index < -0.39 is 25.1 Å². The molecule has 2 atom stereocenters. The Morgan fingerprint density at radius 1 is 0.962 bits per heavy atom. The first-order chi connectivity index (χ1) is 12.5. The largest absolute Gasteiger partial charge is 0.345 e. The van der Waals surface area contributed by atoms with E-state index in [1.165, 1.54) is 5.56 Å². The highest BCUT2D eigenvalue weighted by atomic mass is 19.3. The van der Waals surface area contributed by atoms with Crippen LogP contribution in [0, 0.1) is 0 Å². The van der Waals surface area contributed by atoms with Gasteiger partial charge in [0.15, 0.2) is 0 Å². The standard InChI is InChI=1S/C21H22F4O/c1-2-13-7-9-14(10-8-13)16-5-3-4-6-17(16)15-11-18(22)20(19(23)12-15)26-21(24)25/h3-10,15,18-21H,2,11-12H2,1H3. The van der Waals surface area contributed by atoms with Gasteiger partial charge in [0.1, 0.15) is 18.4 Å². The van der Waals surface area contributed by atoms with Gasteiger partial charge in [-0.1, -0.05) is 55.5 Å². The Balaban J connectivity index is 1.86. The number of ether oxygens (including phenoxy) is 1. The van der Waals surface area contributed by atoms with E-state index in [1.807, 2.05) is 48.5 Å². The van der Waals surface area contributed by atoms with Gasteiger partial charge in [-0.15, -0.1) is 0 Å². The minimum absolute atomic E-state index is 0.0259. The van der Waals surface area contributed by atoms with Gasteiger partial charge in [0.2, 0.25) is 0 Å². The first-order valence-electron chi connectivity index (χ1n) is 8.89. The highest BCUT2D eigenvalue weighted by Crippen LogP contribution is 2.41. The van der Waals surface area contributed by atoms with Crippen molar-refractivity contribution in [2.24, 2.45) is 0 Å². The van der Waals surface area contributed by atoms with Crippen LogP contribution >= 0.6 is 0 Å². The molecule has 2 aromatic rings. The van der Waals surface area contributed by atoms with Crippen LogP contribution in [0.5, 0.6) is 0 Å². The number of alkyl halides is 4. The summed E-state index contributed by atoms with van der Waals surface area (Å²) in [5.41, 5.74) is 3.96. The molecule has 0 aromatic heterocycles. The Labute approximate surface area is 151 Å². The number of halogens is 4. The summed E-state index contributed by atoms with van der Waals surface area (Å²) in [5, 5.41) is 0. The Morgan fingerprint density at radius 2 is 1.58 bits per heavy atom. The van der Waals surface area contributed by atoms with Gasteiger partial charge in [0.05, 0.1) is 0 Å². The molecule has 1 aliphatic rings. The molecule has 0 amide bonds. The summed E-state index contributed by atoms with van der Waals surface area (Å²) in [6, 6.07) is 15.6. The second kappa shape index (κ2) is 8.21. The third kappa shape index (κ3) is 4.09. The fourth-order valence-electron chi connectivity index (χ4n) is 3.71. The number of aryl methyl sites for hydroxylation is 1. The first kappa shape index (κ1) is 18.9. The average molecular weight is 366 g/mol. The van der Waals surface area contributed by atoms with Gasteiger partial charge in [-0.05, 0) is 47.4 Å². The van der Waals surface area contributed by atoms with Gasteiger partial charge in [0.25, 0.3) is 0 Å². The number of hydrogen-bond donors (Lipinski definition) is 0. The molecule has 26 heavy (non-hydrogen) atoms. The molecule has 2 unspecified atom stereocenters. The van der Waals surface area contributed by atoms with Gasteiger partial charge in [-0.25, -0.2) is 8.78 Å². The van der Waals surface area contributed by atoms with Crippen LogP contribution < -0.4 is 0 Å². The van der Waals surface area contributed by atoms with Gasteiger partial charge in [0, 0.05) is 0 Å². The monoisotopic (exact) mass is 366 g/mol. The van der Waals surface area contributed by atoms with E-state index in [1.54, 1.807) is 0 Å². The molecule has 0 saturated heterocycles. The molecule has 0 aliphatic heterocycles. The predicted octanol–water partition coefficient (Wildman–Crippen LogP) is 6.08. The van der Waals surface area contributed by atoms with Crippen LogP contribution in [0.4, 0.5) is 17.6 Å². The van der Waals surface area contributed by atoms with E-state index in [9.17, 15) is 17.6 Å². The lowest BCUT2D eigenvalue weighted by Crippen LogP contribution is -2.42. The molecule has 0 heterocycles. The van der Waals surface area contributed by atoms with Crippen molar-refractivity contribution in [2.45, 2.75) is 57.2 Å². The molecule has 140 valence electrons. The van der Waals surface area contributed by atoms with Gasteiger partial charge in [-0.3, -0.25) is 0 Å². The summed E-state index contributed by atoms with van der Waals surface area (Å²) in [6.45, 7) is -1.09. The normalized spacial score (nSPS) is 26.2. The minimum Gasteiger partial charge on any atom is -0.313 e. The molecule has 0 spiro atoms. The summed E-state index contributed by atoms with van der Waals surface area (Å²) < 4.78 is 57.6. The fraction of sp³-hybridized carbons (Fsp3) is 0.429. The molecule has 0 bridgehead atoms. The molecule has 1 fully saturated rings. The molecule has 2 aromatic carbocycles. The zero-order valence-corrected chi connectivity index (χ0v) is 14.5. The van der Waals surface area contributed by atoms with Crippen LogP contribution in [0.2, 0.25) is 0 Å². The molecule has 0 N–H and O–H groups in total. The third-order valence-electron chi connectivity index (χ3n) is 5.07. The smallest absolute Gasteiger partial charge is 0.313 e. The van der Waals surface area contributed by atoms with E-state index in [0.717, 1.165) is 23.1 Å². The van der Waals surface area contributed by atoms with Crippen molar-refractivity contribution in [3.05, 3.63) is 59.7 Å². The van der Waals surface area contributed by atoms with Crippen molar-refractivity contribution >= 4 is 0 Å². The van der Waals surface area contributed by atoms with Crippen LogP contribution in [-0.4, -0.2) is 25.1 Å². The highest BCUT2D eigenvalue weighted by Gasteiger charge is 2.41. The van der Waals surface area contributed by atoms with Crippen LogP contribution in [0.15, 0.2) is 48.5 Å². The SMILES string of the molecule is CCc1ccc(-c2ccccc2C2CC(F)C(OC(F)F)C(F)C2)cc1. The van der Waals surface area contributed by atoms with Gasteiger partial charge < -0.3 is 4.74 Å². The van der Waals surface area contributed by atoms with Crippen molar-refractivity contribution in [3.8, 4) is 11.1 Å². The van der Waals surface area contributed by atoms with E-state index >= 15 is 0 Å². The summed E-state index contributed by atoms with van der Waals surface area (Å²) in [7, 11) is 0. The zero-order valence-electron chi connectivity index (χ0n) is 14.5. The molecule has 1 nitrogen and oxygen atoms in total. The maximum atomic E-state index is 14.3. The van der Waals surface area contributed by atoms with E-state index in [2.05, 4.69) is 11.7 Å². The number of benzene rings is 2. The zero-order chi connectivity index (χ0) is 18.7. The highest BCUT2D eigenvalue weighted by molar-refractivity contribution is 5.68. The van der Waals surface area contributed by atoms with Crippen LogP contribution in [0.1, 0.15) is 36.8 Å². The molecule has 3 rings (SSSR count). The molecule has 0 radical (unpaired) electrons. The van der Waals surface area contributed by atoms with Gasteiger partial charge in [-0.2, -0.15) is 8.78 Å². The van der Waals surface area contributed by atoms with Crippen LogP contribution in [0.25, 0.3) is 11.1 Å². The summed E-state index contributed by atoms with van der Waals surface area (Å²) in [4.78, 5) is 0. The second-order valence-corrected chi connectivity index (χ2v) is 6.70. The lowest BCUT2D eigenvalue weighted by molar-refractivity contribution is -0.203. The van der Waals surface area contributed by atoms with Crippen molar-refractivity contribution in [1.82, 2.24) is 0 Å². The Kier molecular flexibility index (Phi) is 5.97. The summed E-state index contributed by atoms with van der Waals surface area (Å²) in [6.07, 6.45) is -4.32. The molecule has 1 saturated carbocycles. The summed E-state index contributed by atoms with van der Waals surface area (Å²) >= 11 is 0. The number of rotatable bonds is 5. The predicted molar refractivity (Wildman–Crippen MR) is 93.9 cm³/mol. The van der Waals surface area contributed by atoms with Crippen molar-refractivity contribution < 1.29 is 22.3 Å². The second-order valence-electron chi connectivity index (χ2n) is 6.70. The number of hydrogen-bond acceptors (Lipinski definition) is 1. The maximum absolute atomic E-state index is 14.3. The Hall–Kier alpha value is -1.88. The topological polar surface area (TPSA) is 9.23 Å². The van der Waals surface area contributed by atoms with Crippen molar-refractivity contribution in [3.63, 3.8) is 0 Å². The molecular formula is C21H22F4O. The van der Waals surface area contributed by atoms with Crippen LogP contribution in [0.3, 0.4) is 0 Å². The molecular weight excluding hydrogens is 344 g/mol. The average Bonchev–Trinajstić information content (AvgIpc) is 2.64. The van der Waals surface area contributed by atoms with Crippen molar-refractivity contribution in [2.75, 3.05) is 0 Å². The van der Waals surface area contributed by atoms with Gasteiger partial charge >= 0.3 is 6.61 Å². The first-order valence-corrected chi connectivity index (χ1v) is 8.89. The lowest BCUT2D eigenvalue weighted by Gasteiger charge is -2.35. The molecule has 5 heteroatoms. The summed E-state index contributed by atoms with van der Waals surface area (Å²) in [5.74, 6) is -0.375. The van der Waals surface area contributed by atoms with E-state index in [4.69, 9.17) is 0 Å². The fourth-order valence-corrected chi connectivity index (χ4v) is 3.71. The third-order valence-corrected chi connectivity index (χ3v) is 5.07. The van der Waals surface area contributed by atoms with E-state index in [-0.39, 0.29) is 18.8 Å². The van der Waals surface area contributed by atoms with E-state index in [0.29, 0.717) is 0 Å². The van der Waals surface area contributed by atoms with Crippen molar-refractivity contribution in [1.29, 1.82) is 0 Å². The Morgan fingerprint density at radius 3 is 2.15 bits per heavy atom. The lowest BCUT2D eigenvalue weighted by atomic mass is 9.78. The maximum Gasteiger partial charge on any atom is 0.345 e. The van der Waals surface area contributed by atoms with Crippen LogP contribution in [-0.2, 0) is 11.2 Å².